The standard InChI is InChI=1S/C28H33BF2N4O6/c1-27(2,34-8-7-28(30,31)16-34)11-19(12-32)25(36)35-13-17-9-21(17)22(35)15-41-26(37)33-24(29(38)39)10-18-14-40-23-6-4-3-5-20(18)23/h3-6,11,14,17,21-22,24,38-39H,7-10,13,15-16H2,1-2H3,(H,33,37)/b19-11+/t17-,21-,22-,24-/m0/s1. The zero-order valence-corrected chi connectivity index (χ0v) is 22.9. The van der Waals surface area contributed by atoms with Gasteiger partial charge >= 0.3 is 13.2 Å². The van der Waals surface area contributed by atoms with E-state index >= 15 is 0 Å². The fourth-order valence-corrected chi connectivity index (χ4v) is 6.00. The molecule has 3 aliphatic rings. The lowest BCUT2D eigenvalue weighted by molar-refractivity contribution is -0.129. The molecule has 1 aromatic carbocycles. The number of nitrogens with zero attached hydrogens (tertiary/aromatic N) is 3. The van der Waals surface area contributed by atoms with Crippen LogP contribution in [-0.2, 0) is 16.0 Å². The number of carbonyl (C=O) groups is 2. The topological polar surface area (TPSA) is 139 Å². The zero-order chi connectivity index (χ0) is 29.5. The molecule has 2 aromatic rings. The normalized spacial score (nSPS) is 24.6. The number of para-hydroxylation sites is 1. The first-order valence-electron chi connectivity index (χ1n) is 13.7. The fourth-order valence-electron chi connectivity index (χ4n) is 6.00. The Balaban J connectivity index is 1.21. The highest BCUT2D eigenvalue weighted by Crippen LogP contribution is 2.50. The Labute approximate surface area is 236 Å². The average Bonchev–Trinajstić information content (AvgIpc) is 3.22. The van der Waals surface area contributed by atoms with Gasteiger partial charge in [0.1, 0.15) is 23.8 Å². The Morgan fingerprint density at radius 3 is 2.80 bits per heavy atom. The number of piperidine rings is 1. The number of hydrogen-bond acceptors (Lipinski definition) is 8. The van der Waals surface area contributed by atoms with Crippen LogP contribution < -0.4 is 5.32 Å². The third-order valence-corrected chi connectivity index (χ3v) is 8.45. The third-order valence-electron chi connectivity index (χ3n) is 8.45. The van der Waals surface area contributed by atoms with Gasteiger partial charge < -0.3 is 29.4 Å². The van der Waals surface area contributed by atoms with E-state index < -0.39 is 49.1 Å². The molecule has 2 amide bonds. The number of halogens is 2. The molecule has 1 aromatic heterocycles. The van der Waals surface area contributed by atoms with Gasteiger partial charge in [0.05, 0.1) is 24.8 Å². The van der Waals surface area contributed by atoms with Crippen molar-refractivity contribution in [1.29, 1.82) is 5.26 Å². The van der Waals surface area contributed by atoms with Crippen molar-refractivity contribution in [3.8, 4) is 6.07 Å². The van der Waals surface area contributed by atoms with Gasteiger partial charge in [-0.25, -0.2) is 13.6 Å². The highest BCUT2D eigenvalue weighted by molar-refractivity contribution is 6.43. The largest absolute Gasteiger partial charge is 0.475 e. The first kappa shape index (κ1) is 29.0. The van der Waals surface area contributed by atoms with Crippen molar-refractivity contribution >= 4 is 30.1 Å². The zero-order valence-electron chi connectivity index (χ0n) is 22.9. The number of carbonyl (C=O) groups excluding carboxylic acids is 2. The molecular formula is C28H33BF2N4O6. The predicted octanol–water partition coefficient (Wildman–Crippen LogP) is 2.50. The summed E-state index contributed by atoms with van der Waals surface area (Å²) in [4.78, 5) is 29.2. The summed E-state index contributed by atoms with van der Waals surface area (Å²) >= 11 is 0. The van der Waals surface area contributed by atoms with E-state index in [1.54, 1.807) is 24.8 Å². The monoisotopic (exact) mass is 570 g/mol. The number of hydrogen-bond donors (Lipinski definition) is 3. The summed E-state index contributed by atoms with van der Waals surface area (Å²) in [5.74, 6) is -4.05. The highest BCUT2D eigenvalue weighted by Gasteiger charge is 2.55. The van der Waals surface area contributed by atoms with E-state index in [9.17, 15) is 33.7 Å². The van der Waals surface area contributed by atoms with Gasteiger partial charge in [-0.3, -0.25) is 9.69 Å². The average molecular weight is 570 g/mol. The number of furan rings is 1. The summed E-state index contributed by atoms with van der Waals surface area (Å²) in [5.41, 5.74) is 0.240. The lowest BCUT2D eigenvalue weighted by atomic mass is 9.76. The summed E-state index contributed by atoms with van der Waals surface area (Å²) in [6.07, 6.45) is 2.74. The molecule has 0 spiro atoms. The van der Waals surface area contributed by atoms with E-state index in [-0.39, 0.29) is 43.4 Å². The fraction of sp³-hybridized carbons (Fsp3) is 0.536. The van der Waals surface area contributed by atoms with Crippen LogP contribution in [-0.4, -0.2) is 88.7 Å². The molecule has 2 aliphatic heterocycles. The third kappa shape index (κ3) is 6.24. The Kier molecular flexibility index (Phi) is 7.85. The van der Waals surface area contributed by atoms with Crippen LogP contribution in [0.15, 0.2) is 46.6 Å². The number of rotatable bonds is 9. The van der Waals surface area contributed by atoms with Gasteiger partial charge in [0.25, 0.3) is 11.8 Å². The van der Waals surface area contributed by atoms with E-state index in [1.807, 2.05) is 24.3 Å². The summed E-state index contributed by atoms with van der Waals surface area (Å²) in [5, 5.41) is 32.8. The first-order chi connectivity index (χ1) is 19.4. The Morgan fingerprint density at radius 2 is 2.12 bits per heavy atom. The van der Waals surface area contributed by atoms with Gasteiger partial charge in [-0.05, 0) is 56.2 Å². The Bertz CT molecular complexity index is 1390. The van der Waals surface area contributed by atoms with Gasteiger partial charge in [-0.1, -0.05) is 18.2 Å². The lowest BCUT2D eigenvalue weighted by Crippen LogP contribution is -2.49. The van der Waals surface area contributed by atoms with Gasteiger partial charge in [0.15, 0.2) is 0 Å². The van der Waals surface area contributed by atoms with Crippen LogP contribution in [0, 0.1) is 23.2 Å². The molecule has 41 heavy (non-hydrogen) atoms. The van der Waals surface area contributed by atoms with Gasteiger partial charge in [-0.2, -0.15) is 5.26 Å². The molecule has 13 heteroatoms. The van der Waals surface area contributed by atoms with E-state index in [2.05, 4.69) is 5.32 Å². The van der Waals surface area contributed by atoms with E-state index in [1.165, 1.54) is 17.2 Å². The number of nitriles is 1. The molecule has 0 bridgehead atoms. The second-order valence-corrected chi connectivity index (χ2v) is 11.8. The molecule has 3 N–H and O–H groups in total. The molecule has 1 aliphatic carbocycles. The molecular weight excluding hydrogens is 537 g/mol. The van der Waals surface area contributed by atoms with Crippen LogP contribution in [0.3, 0.4) is 0 Å². The quantitative estimate of drug-likeness (QED) is 0.238. The summed E-state index contributed by atoms with van der Waals surface area (Å²) in [6.45, 7) is 3.38. The number of ether oxygens (including phenoxy) is 1. The van der Waals surface area contributed by atoms with Crippen LogP contribution in [0.1, 0.15) is 32.3 Å². The van der Waals surface area contributed by atoms with Crippen LogP contribution >= 0.6 is 0 Å². The van der Waals surface area contributed by atoms with Gasteiger partial charge in [0.2, 0.25) is 0 Å². The molecule has 0 radical (unpaired) electrons. The van der Waals surface area contributed by atoms with Gasteiger partial charge in [-0.15, -0.1) is 0 Å². The number of benzene rings is 1. The molecule has 218 valence electrons. The minimum Gasteiger partial charge on any atom is -0.464 e. The first-order valence-corrected chi connectivity index (χ1v) is 13.7. The number of likely N-dealkylation sites (tertiary alicyclic amines) is 2. The summed E-state index contributed by atoms with van der Waals surface area (Å²) in [7, 11) is -1.86. The molecule has 1 saturated carbocycles. The second-order valence-electron chi connectivity index (χ2n) is 11.8. The minimum atomic E-state index is -2.81. The number of nitrogens with one attached hydrogen (secondary N) is 1. The highest BCUT2D eigenvalue weighted by atomic mass is 19.3. The van der Waals surface area contributed by atoms with Crippen LogP contribution in [0.25, 0.3) is 11.0 Å². The Morgan fingerprint density at radius 1 is 1.37 bits per heavy atom. The summed E-state index contributed by atoms with van der Waals surface area (Å²) < 4.78 is 38.5. The molecule has 2 saturated heterocycles. The minimum absolute atomic E-state index is 0.0809. The molecule has 3 fully saturated rings. The van der Waals surface area contributed by atoms with Crippen LogP contribution in [0.5, 0.6) is 0 Å². The Hall–Kier alpha value is -3.47. The van der Waals surface area contributed by atoms with Crippen molar-refractivity contribution in [3.63, 3.8) is 0 Å². The number of amides is 2. The number of alkyl halides is 2. The van der Waals surface area contributed by atoms with Crippen LogP contribution in [0.4, 0.5) is 13.6 Å². The van der Waals surface area contributed by atoms with Crippen LogP contribution in [0.2, 0.25) is 0 Å². The van der Waals surface area contributed by atoms with Crippen molar-refractivity contribution in [2.45, 2.75) is 56.6 Å². The smallest absolute Gasteiger partial charge is 0.464 e. The molecule has 10 nitrogen and oxygen atoms in total. The maximum atomic E-state index is 13.8. The van der Waals surface area contributed by atoms with Crippen molar-refractivity contribution in [3.05, 3.63) is 47.7 Å². The van der Waals surface area contributed by atoms with E-state index in [4.69, 9.17) is 9.15 Å². The molecule has 5 rings (SSSR count). The SMILES string of the molecule is CC(C)(/C=C(\C#N)C(=O)N1C[C@@H]2C[C@@H]2[C@@H]1COC(=O)N[C@@H](Cc1coc2ccccc12)B(O)O)N1CCC(F)(F)C1. The van der Waals surface area contributed by atoms with Crippen molar-refractivity contribution in [2.24, 2.45) is 11.8 Å². The molecule has 3 heterocycles. The number of alkyl carbamates (subject to hydrolysis) is 1. The molecule has 4 atom stereocenters. The molecule has 0 unspecified atom stereocenters. The van der Waals surface area contributed by atoms with Gasteiger partial charge in [0, 0.05) is 30.4 Å². The lowest BCUT2D eigenvalue weighted by Gasteiger charge is -2.33. The van der Waals surface area contributed by atoms with E-state index in [0.29, 0.717) is 17.7 Å². The van der Waals surface area contributed by atoms with Crippen molar-refractivity contribution < 1.29 is 37.6 Å². The maximum Gasteiger partial charge on any atom is 0.475 e. The van der Waals surface area contributed by atoms with Crippen molar-refractivity contribution in [2.75, 3.05) is 26.2 Å². The maximum absolute atomic E-state index is 13.8. The number of fused-ring (bicyclic) bond motifs is 2. The van der Waals surface area contributed by atoms with E-state index in [0.717, 1.165) is 11.8 Å². The summed E-state index contributed by atoms with van der Waals surface area (Å²) in [6, 6.07) is 8.74. The predicted molar refractivity (Wildman–Crippen MR) is 144 cm³/mol. The van der Waals surface area contributed by atoms with Crippen molar-refractivity contribution in [1.82, 2.24) is 15.1 Å². The second kappa shape index (κ2) is 11.1.